The summed E-state index contributed by atoms with van der Waals surface area (Å²) in [5, 5.41) is 0. The van der Waals surface area contributed by atoms with Gasteiger partial charge in [0.15, 0.2) is 11.5 Å². The van der Waals surface area contributed by atoms with E-state index < -0.39 is 10.0 Å². The van der Waals surface area contributed by atoms with Gasteiger partial charge in [0.05, 0.1) is 10.9 Å². The van der Waals surface area contributed by atoms with Gasteiger partial charge in [-0.15, -0.1) is 0 Å². The molecule has 0 aliphatic carbocycles. The van der Waals surface area contributed by atoms with Crippen molar-refractivity contribution in [1.82, 2.24) is 9.21 Å². The first-order chi connectivity index (χ1) is 15.4. The number of para-hydroxylation sites is 1. The Morgan fingerprint density at radius 2 is 1.66 bits per heavy atom. The monoisotopic (exact) mass is 457 g/mol. The molecule has 9 heteroatoms. The Morgan fingerprint density at radius 3 is 2.44 bits per heavy atom. The molecule has 32 heavy (non-hydrogen) atoms. The predicted octanol–water partition coefficient (Wildman–Crippen LogP) is 1.74. The zero-order chi connectivity index (χ0) is 22.3. The van der Waals surface area contributed by atoms with Crippen molar-refractivity contribution in [2.45, 2.75) is 24.3 Å². The van der Waals surface area contributed by atoms with E-state index in [2.05, 4.69) is 11.0 Å². The zero-order valence-electron chi connectivity index (χ0n) is 18.1. The summed E-state index contributed by atoms with van der Waals surface area (Å²) in [5.74, 6) is 1.09. The van der Waals surface area contributed by atoms with Crippen LogP contribution in [0.5, 0.6) is 11.5 Å². The molecular formula is C23H27N3O5S. The molecular weight excluding hydrogens is 430 g/mol. The topological polar surface area (TPSA) is 79.4 Å². The normalized spacial score (nSPS) is 20.1. The molecule has 0 N–H and O–H groups in total. The van der Waals surface area contributed by atoms with Crippen LogP contribution in [0.4, 0.5) is 5.69 Å². The predicted molar refractivity (Wildman–Crippen MR) is 120 cm³/mol. The Labute approximate surface area is 188 Å². The molecule has 0 aromatic heterocycles. The number of fused-ring (bicyclic) bond motifs is 2. The number of piperazine rings is 1. The zero-order valence-corrected chi connectivity index (χ0v) is 18.9. The van der Waals surface area contributed by atoms with Crippen molar-refractivity contribution in [3.8, 4) is 11.5 Å². The van der Waals surface area contributed by atoms with E-state index in [1.807, 2.05) is 30.0 Å². The van der Waals surface area contributed by atoms with Crippen molar-refractivity contribution in [3.63, 3.8) is 0 Å². The highest BCUT2D eigenvalue weighted by molar-refractivity contribution is 7.89. The number of amides is 1. The standard InChI is InChI=1S/C23H27N3O5S/c1-17(23(27)26-9-8-18-4-2-3-5-20(18)26)24-10-12-25(13-11-24)32(28,29)19-6-7-21-22(16-19)31-15-14-30-21/h2-7,16-17H,8-15H2,1H3/t17-/m0/s1. The van der Waals surface area contributed by atoms with Gasteiger partial charge in [0.2, 0.25) is 15.9 Å². The number of sulfonamides is 1. The molecule has 3 heterocycles. The Kier molecular flexibility index (Phi) is 5.56. The van der Waals surface area contributed by atoms with E-state index in [9.17, 15) is 13.2 Å². The molecule has 2 aromatic carbocycles. The number of hydrogen-bond acceptors (Lipinski definition) is 6. The molecule has 5 rings (SSSR count). The first-order valence-corrected chi connectivity index (χ1v) is 12.4. The van der Waals surface area contributed by atoms with E-state index in [-0.39, 0.29) is 16.8 Å². The lowest BCUT2D eigenvalue weighted by molar-refractivity contribution is -0.123. The van der Waals surface area contributed by atoms with Crippen molar-refractivity contribution in [3.05, 3.63) is 48.0 Å². The number of benzene rings is 2. The molecule has 1 atom stereocenters. The lowest BCUT2D eigenvalue weighted by atomic mass is 10.1. The maximum atomic E-state index is 13.2. The highest BCUT2D eigenvalue weighted by Gasteiger charge is 2.35. The fourth-order valence-corrected chi connectivity index (χ4v) is 6.05. The number of carbonyl (C=O) groups excluding carboxylic acids is 1. The largest absolute Gasteiger partial charge is 0.486 e. The SMILES string of the molecule is C[C@@H](C(=O)N1CCc2ccccc21)N1CCN(S(=O)(=O)c2ccc3c(c2)OCCO3)CC1. The van der Waals surface area contributed by atoms with Crippen LogP contribution >= 0.6 is 0 Å². The van der Waals surface area contributed by atoms with Crippen LogP contribution in [0, 0.1) is 0 Å². The van der Waals surface area contributed by atoms with Gasteiger partial charge < -0.3 is 14.4 Å². The summed E-state index contributed by atoms with van der Waals surface area (Å²) in [4.78, 5) is 17.3. The highest BCUT2D eigenvalue weighted by atomic mass is 32.2. The molecule has 3 aliphatic heterocycles. The molecule has 1 saturated heterocycles. The molecule has 1 amide bonds. The van der Waals surface area contributed by atoms with Crippen LogP contribution in [0.15, 0.2) is 47.4 Å². The van der Waals surface area contributed by atoms with Crippen LogP contribution in [0.25, 0.3) is 0 Å². The van der Waals surface area contributed by atoms with Crippen molar-refractivity contribution < 1.29 is 22.7 Å². The average Bonchev–Trinajstić information content (AvgIpc) is 3.27. The summed E-state index contributed by atoms with van der Waals surface area (Å²) in [6.07, 6.45) is 0.871. The summed E-state index contributed by atoms with van der Waals surface area (Å²) >= 11 is 0. The first kappa shape index (κ1) is 21.2. The Hall–Kier alpha value is -2.62. The van der Waals surface area contributed by atoms with Gasteiger partial charge in [-0.05, 0) is 37.1 Å². The van der Waals surface area contributed by atoms with Crippen LogP contribution in [0.3, 0.4) is 0 Å². The van der Waals surface area contributed by atoms with Gasteiger partial charge >= 0.3 is 0 Å². The number of ether oxygens (including phenoxy) is 2. The Bertz CT molecular complexity index is 1130. The van der Waals surface area contributed by atoms with Crippen LogP contribution in [0.1, 0.15) is 12.5 Å². The smallest absolute Gasteiger partial charge is 0.244 e. The summed E-state index contributed by atoms with van der Waals surface area (Å²) in [6, 6.07) is 12.4. The van der Waals surface area contributed by atoms with Crippen LogP contribution < -0.4 is 14.4 Å². The number of hydrogen-bond donors (Lipinski definition) is 0. The molecule has 1 fully saturated rings. The molecule has 0 radical (unpaired) electrons. The molecule has 0 saturated carbocycles. The molecule has 0 bridgehead atoms. The number of anilines is 1. The van der Waals surface area contributed by atoms with Gasteiger partial charge in [0, 0.05) is 44.5 Å². The molecule has 3 aliphatic rings. The maximum Gasteiger partial charge on any atom is 0.244 e. The average molecular weight is 458 g/mol. The second kappa shape index (κ2) is 8.38. The minimum absolute atomic E-state index is 0.0677. The van der Waals surface area contributed by atoms with E-state index in [0.29, 0.717) is 57.4 Å². The lowest BCUT2D eigenvalue weighted by Crippen LogP contribution is -2.55. The third-order valence-corrected chi connectivity index (χ3v) is 8.38. The second-order valence-corrected chi connectivity index (χ2v) is 10.2. The van der Waals surface area contributed by atoms with Crippen LogP contribution in [-0.2, 0) is 21.2 Å². The summed E-state index contributed by atoms with van der Waals surface area (Å²) in [6.45, 7) is 5.16. The van der Waals surface area contributed by atoms with Crippen molar-refractivity contribution in [2.75, 3.05) is 50.8 Å². The van der Waals surface area contributed by atoms with Gasteiger partial charge in [-0.3, -0.25) is 9.69 Å². The molecule has 8 nitrogen and oxygen atoms in total. The van der Waals surface area contributed by atoms with Gasteiger partial charge in [-0.25, -0.2) is 8.42 Å². The second-order valence-electron chi connectivity index (χ2n) is 8.29. The number of carbonyl (C=O) groups is 1. The third kappa shape index (κ3) is 3.74. The fraction of sp³-hybridized carbons (Fsp3) is 0.435. The molecule has 2 aromatic rings. The first-order valence-electron chi connectivity index (χ1n) is 11.0. The lowest BCUT2D eigenvalue weighted by Gasteiger charge is -2.38. The Balaban J connectivity index is 1.24. The Morgan fingerprint density at radius 1 is 0.938 bits per heavy atom. The highest BCUT2D eigenvalue weighted by Crippen LogP contribution is 2.33. The molecule has 170 valence electrons. The summed E-state index contributed by atoms with van der Waals surface area (Å²) in [7, 11) is -3.64. The number of rotatable bonds is 4. The van der Waals surface area contributed by atoms with Gasteiger partial charge in [0.1, 0.15) is 13.2 Å². The quantitative estimate of drug-likeness (QED) is 0.696. The van der Waals surface area contributed by atoms with Crippen molar-refractivity contribution in [1.29, 1.82) is 0 Å². The van der Waals surface area contributed by atoms with Gasteiger partial charge in [-0.2, -0.15) is 4.31 Å². The van der Waals surface area contributed by atoms with Crippen molar-refractivity contribution >= 4 is 21.6 Å². The fourth-order valence-electron chi connectivity index (χ4n) is 4.61. The van der Waals surface area contributed by atoms with E-state index in [1.165, 1.54) is 15.9 Å². The summed E-state index contributed by atoms with van der Waals surface area (Å²) in [5.41, 5.74) is 2.19. The van der Waals surface area contributed by atoms with E-state index >= 15 is 0 Å². The van der Waals surface area contributed by atoms with Crippen LogP contribution in [0.2, 0.25) is 0 Å². The van der Waals surface area contributed by atoms with Gasteiger partial charge in [-0.1, -0.05) is 18.2 Å². The third-order valence-electron chi connectivity index (χ3n) is 6.48. The molecule has 0 spiro atoms. The van der Waals surface area contributed by atoms with E-state index in [1.54, 1.807) is 12.1 Å². The van der Waals surface area contributed by atoms with E-state index in [0.717, 1.165) is 12.1 Å². The molecule has 0 unspecified atom stereocenters. The van der Waals surface area contributed by atoms with E-state index in [4.69, 9.17) is 9.47 Å². The number of nitrogens with zero attached hydrogens (tertiary/aromatic N) is 3. The van der Waals surface area contributed by atoms with Crippen LogP contribution in [-0.4, -0.2) is 75.5 Å². The van der Waals surface area contributed by atoms with Gasteiger partial charge in [0.25, 0.3) is 0 Å². The maximum absolute atomic E-state index is 13.2. The van der Waals surface area contributed by atoms with Crippen molar-refractivity contribution in [2.24, 2.45) is 0 Å². The minimum atomic E-state index is -3.64. The minimum Gasteiger partial charge on any atom is -0.486 e. The summed E-state index contributed by atoms with van der Waals surface area (Å²) < 4.78 is 38.8.